The SMILES string of the molecule is C1COC1.C=C(O)c1ccc2nc(CN3CCCCC3)n(C)c2c1.CC#N.CN.O=c1ccnc(COc2ccc(F)cc2Cl)[nH]1. The standard InChI is InChI=1S/C16H21N3O.C11H8ClFN2O2.C3H6O.C2H3N.CH5N/c1-12(20)13-6-7-14-15(10-13)18(2)16(17-14)11-19-8-4-3-5-9-19;12-8-5-7(13)1-2-9(8)17-6-10-14-4-3-11(16)15-10;1-2-4-3-1;1-2-3;1-2/h6-7,10,20H,1,3-5,8-9,11H2,2H3;1-5H,6H2,(H,14,15,16);1-3H2;1H3;2H2,1H3. The van der Waals surface area contributed by atoms with Crippen molar-refractivity contribution in [3.05, 3.63) is 93.6 Å². The van der Waals surface area contributed by atoms with Crippen molar-refractivity contribution in [2.45, 2.75) is 45.8 Å². The van der Waals surface area contributed by atoms with Gasteiger partial charge in [0.1, 0.15) is 35.6 Å². The average Bonchev–Trinajstić information content (AvgIpc) is 3.32. The van der Waals surface area contributed by atoms with Crippen molar-refractivity contribution in [1.82, 2.24) is 24.4 Å². The van der Waals surface area contributed by atoms with E-state index in [1.54, 1.807) is 6.07 Å². The van der Waals surface area contributed by atoms with Gasteiger partial charge in [0.15, 0.2) is 0 Å². The van der Waals surface area contributed by atoms with Crippen LogP contribution >= 0.6 is 11.6 Å². The Morgan fingerprint density at radius 3 is 2.39 bits per heavy atom. The quantitative estimate of drug-likeness (QED) is 0.221. The summed E-state index contributed by atoms with van der Waals surface area (Å²) in [7, 11) is 3.54. The molecule has 4 heterocycles. The molecule has 248 valence electrons. The molecule has 0 amide bonds. The summed E-state index contributed by atoms with van der Waals surface area (Å²) in [6, 6.07) is 12.6. The fraction of sp³-hybridized carbons (Fsp3) is 0.394. The predicted molar refractivity (Wildman–Crippen MR) is 179 cm³/mol. The molecular formula is C33H43ClFN7O4. The highest BCUT2D eigenvalue weighted by atomic mass is 35.5. The van der Waals surface area contributed by atoms with Crippen molar-refractivity contribution in [3.8, 4) is 11.8 Å². The smallest absolute Gasteiger partial charge is 0.250 e. The Labute approximate surface area is 274 Å². The first kappa shape index (κ1) is 37.9. The van der Waals surface area contributed by atoms with Crippen LogP contribution in [-0.4, -0.2) is 62.9 Å². The van der Waals surface area contributed by atoms with Crippen molar-refractivity contribution in [2.75, 3.05) is 33.4 Å². The zero-order valence-corrected chi connectivity index (χ0v) is 27.4. The van der Waals surface area contributed by atoms with Crippen molar-refractivity contribution in [2.24, 2.45) is 12.8 Å². The molecule has 0 saturated carbocycles. The Balaban J connectivity index is 0.000000256. The third-order valence-electron chi connectivity index (χ3n) is 6.68. The molecule has 2 aromatic heterocycles. The van der Waals surface area contributed by atoms with Crippen molar-refractivity contribution in [3.63, 3.8) is 0 Å². The summed E-state index contributed by atoms with van der Waals surface area (Å²) in [6.07, 6.45) is 6.58. The summed E-state index contributed by atoms with van der Waals surface area (Å²) in [4.78, 5) is 24.6. The number of aryl methyl sites for hydroxylation is 1. The molecule has 4 N–H and O–H groups in total. The lowest BCUT2D eigenvalue weighted by Crippen LogP contribution is -2.30. The number of hydrogen-bond donors (Lipinski definition) is 3. The number of aromatic amines is 1. The van der Waals surface area contributed by atoms with Gasteiger partial charge in [0.05, 0.1) is 28.7 Å². The van der Waals surface area contributed by atoms with E-state index in [0.29, 0.717) is 11.6 Å². The topological polar surface area (TPSA) is 155 Å². The molecule has 0 radical (unpaired) electrons. The number of benzene rings is 2. The number of aromatic nitrogens is 4. The number of nitrogens with zero attached hydrogens (tertiary/aromatic N) is 5. The number of aliphatic hydroxyl groups is 1. The number of rotatable bonds is 6. The maximum Gasteiger partial charge on any atom is 0.250 e. The van der Waals surface area contributed by atoms with E-state index in [1.807, 2.05) is 25.2 Å². The van der Waals surface area contributed by atoms with Crippen LogP contribution < -0.4 is 16.0 Å². The molecule has 46 heavy (non-hydrogen) atoms. The van der Waals surface area contributed by atoms with E-state index in [0.717, 1.165) is 48.2 Å². The molecule has 11 nitrogen and oxygen atoms in total. The molecule has 2 saturated heterocycles. The Morgan fingerprint density at radius 2 is 1.83 bits per heavy atom. The summed E-state index contributed by atoms with van der Waals surface area (Å²) >= 11 is 5.77. The van der Waals surface area contributed by atoms with Crippen LogP contribution in [0.25, 0.3) is 16.8 Å². The third-order valence-corrected chi connectivity index (χ3v) is 6.98. The second-order valence-corrected chi connectivity index (χ2v) is 10.4. The number of fused-ring (bicyclic) bond motifs is 1. The van der Waals surface area contributed by atoms with E-state index >= 15 is 0 Å². The van der Waals surface area contributed by atoms with Gasteiger partial charge >= 0.3 is 0 Å². The number of aliphatic hydroxyl groups excluding tert-OH is 1. The number of hydrogen-bond acceptors (Lipinski definition) is 9. The first-order valence-corrected chi connectivity index (χ1v) is 15.2. The van der Waals surface area contributed by atoms with Gasteiger partial charge in [-0.3, -0.25) is 9.69 Å². The van der Waals surface area contributed by atoms with E-state index in [9.17, 15) is 14.3 Å². The van der Waals surface area contributed by atoms with Crippen molar-refractivity contribution >= 4 is 28.4 Å². The summed E-state index contributed by atoms with van der Waals surface area (Å²) in [5.41, 5.74) is 7.02. The number of halogens is 2. The highest BCUT2D eigenvalue weighted by molar-refractivity contribution is 6.32. The fourth-order valence-electron chi connectivity index (χ4n) is 4.25. The maximum absolute atomic E-state index is 12.8. The van der Waals surface area contributed by atoms with Crippen LogP contribution in [0.2, 0.25) is 5.02 Å². The fourth-order valence-corrected chi connectivity index (χ4v) is 4.47. The van der Waals surface area contributed by atoms with E-state index in [1.165, 1.54) is 77.1 Å². The molecule has 0 bridgehead atoms. The first-order chi connectivity index (χ1) is 22.2. The lowest BCUT2D eigenvalue weighted by atomic mass is 10.1. The minimum absolute atomic E-state index is 0.0570. The lowest BCUT2D eigenvalue weighted by molar-refractivity contribution is 0.0367. The molecule has 0 unspecified atom stereocenters. The minimum atomic E-state index is -0.436. The molecule has 2 aromatic carbocycles. The van der Waals surface area contributed by atoms with Crippen LogP contribution in [0.1, 0.15) is 49.8 Å². The molecule has 0 spiro atoms. The molecule has 2 aliphatic heterocycles. The number of piperidine rings is 1. The van der Waals surface area contributed by atoms with E-state index in [-0.39, 0.29) is 22.9 Å². The number of ether oxygens (including phenoxy) is 2. The van der Waals surface area contributed by atoms with Crippen LogP contribution in [0.4, 0.5) is 4.39 Å². The summed E-state index contributed by atoms with van der Waals surface area (Å²) < 4.78 is 24.9. The minimum Gasteiger partial charge on any atom is -0.508 e. The van der Waals surface area contributed by atoms with Gasteiger partial charge in [-0.1, -0.05) is 24.6 Å². The highest BCUT2D eigenvalue weighted by Gasteiger charge is 2.15. The Kier molecular flexibility index (Phi) is 17.1. The van der Waals surface area contributed by atoms with Crippen LogP contribution in [-0.2, 0) is 24.9 Å². The number of nitriles is 1. The third kappa shape index (κ3) is 12.6. The van der Waals surface area contributed by atoms with Gasteiger partial charge in [-0.2, -0.15) is 5.26 Å². The molecule has 13 heteroatoms. The van der Waals surface area contributed by atoms with E-state index in [4.69, 9.17) is 31.3 Å². The molecule has 6 rings (SSSR count). The van der Waals surface area contributed by atoms with Gasteiger partial charge in [0.25, 0.3) is 5.56 Å². The average molecular weight is 656 g/mol. The maximum atomic E-state index is 12.8. The molecule has 0 aliphatic carbocycles. The Morgan fingerprint density at radius 1 is 1.17 bits per heavy atom. The van der Waals surface area contributed by atoms with Crippen LogP contribution in [0, 0.1) is 17.1 Å². The molecule has 0 atom stereocenters. The highest BCUT2D eigenvalue weighted by Crippen LogP contribution is 2.25. The second kappa shape index (κ2) is 20.7. The van der Waals surface area contributed by atoms with Gasteiger partial charge in [-0.05, 0) is 75.8 Å². The summed E-state index contributed by atoms with van der Waals surface area (Å²) in [6.45, 7) is 10.3. The van der Waals surface area contributed by atoms with Gasteiger partial charge in [-0.15, -0.1) is 0 Å². The van der Waals surface area contributed by atoms with Crippen LogP contribution in [0.15, 0.2) is 60.0 Å². The van der Waals surface area contributed by atoms with Crippen molar-refractivity contribution < 1.29 is 19.0 Å². The molecule has 2 fully saturated rings. The number of likely N-dealkylation sites (tertiary alicyclic amines) is 1. The Hall–Kier alpha value is -4.28. The number of H-pyrrole nitrogens is 1. The second-order valence-electron chi connectivity index (χ2n) is 10.0. The Bertz CT molecular complexity index is 1610. The molecular weight excluding hydrogens is 613 g/mol. The number of imidazole rings is 1. The molecule has 2 aliphatic rings. The van der Waals surface area contributed by atoms with E-state index < -0.39 is 5.82 Å². The van der Waals surface area contributed by atoms with Gasteiger partial charge in [0.2, 0.25) is 0 Å². The number of nitrogens with one attached hydrogen (secondary N) is 1. The number of nitrogens with two attached hydrogens (primary N) is 1. The normalized spacial score (nSPS) is 13.4. The molecule has 4 aromatic rings. The zero-order valence-electron chi connectivity index (χ0n) is 26.6. The predicted octanol–water partition coefficient (Wildman–Crippen LogP) is 5.74. The monoisotopic (exact) mass is 655 g/mol. The zero-order chi connectivity index (χ0) is 33.9. The van der Waals surface area contributed by atoms with Gasteiger partial charge < -0.3 is 29.9 Å². The largest absolute Gasteiger partial charge is 0.508 e. The lowest BCUT2D eigenvalue weighted by Gasteiger charge is -2.25. The van der Waals surface area contributed by atoms with Crippen molar-refractivity contribution in [1.29, 1.82) is 5.26 Å². The van der Waals surface area contributed by atoms with Crippen LogP contribution in [0.3, 0.4) is 0 Å². The van der Waals surface area contributed by atoms with Crippen LogP contribution in [0.5, 0.6) is 5.75 Å². The van der Waals surface area contributed by atoms with Gasteiger partial charge in [-0.25, -0.2) is 14.4 Å². The van der Waals surface area contributed by atoms with Gasteiger partial charge in [0, 0.05) is 45.0 Å². The summed E-state index contributed by atoms with van der Waals surface area (Å²) in [5, 5.41) is 17.0. The first-order valence-electron chi connectivity index (χ1n) is 14.9. The van der Waals surface area contributed by atoms with E-state index in [2.05, 4.69) is 31.7 Å². The summed E-state index contributed by atoms with van der Waals surface area (Å²) in [5.74, 6) is 1.46.